The van der Waals surface area contributed by atoms with Crippen LogP contribution in [0.1, 0.15) is 25.7 Å². The number of thiophene rings is 1. The van der Waals surface area contributed by atoms with Crippen molar-refractivity contribution < 1.29 is 28.2 Å². The minimum absolute atomic E-state index is 0.140. The molecule has 2 fully saturated rings. The van der Waals surface area contributed by atoms with Crippen LogP contribution in [0.2, 0.25) is 0 Å². The van der Waals surface area contributed by atoms with Crippen molar-refractivity contribution in [2.24, 2.45) is 0 Å². The quantitative estimate of drug-likeness (QED) is 0.613. The largest absolute Gasteiger partial charge is 0.414 e. The summed E-state index contributed by atoms with van der Waals surface area (Å²) in [6.07, 6.45) is 1.13. The van der Waals surface area contributed by atoms with E-state index in [1.807, 2.05) is 0 Å². The van der Waals surface area contributed by atoms with E-state index < -0.39 is 23.4 Å². The molecule has 1 aromatic heterocycles. The number of carbonyl (C=O) groups excluding carboxylic acids is 3. The number of ether oxygens (including phenoxy) is 2. The van der Waals surface area contributed by atoms with E-state index in [-0.39, 0.29) is 30.2 Å². The Hall–Kier alpha value is -2.50. The van der Waals surface area contributed by atoms with Crippen LogP contribution in [0.15, 0.2) is 34.1 Å². The Kier molecular flexibility index (Phi) is 6.77. The number of rotatable bonds is 5. The first kappa shape index (κ1) is 22.7. The monoisotopic (exact) mass is 525 g/mol. The first-order chi connectivity index (χ1) is 15.4. The summed E-state index contributed by atoms with van der Waals surface area (Å²) in [7, 11) is 0. The lowest BCUT2D eigenvalue weighted by Crippen LogP contribution is -2.61. The van der Waals surface area contributed by atoms with Gasteiger partial charge < -0.3 is 25.0 Å². The predicted octanol–water partition coefficient (Wildman–Crippen LogP) is 4.05. The van der Waals surface area contributed by atoms with Crippen molar-refractivity contribution >= 4 is 56.5 Å². The van der Waals surface area contributed by atoms with Gasteiger partial charge in [0.05, 0.1) is 29.1 Å². The summed E-state index contributed by atoms with van der Waals surface area (Å²) in [6, 6.07) is 7.55. The van der Waals surface area contributed by atoms with Gasteiger partial charge in [0.2, 0.25) is 11.8 Å². The van der Waals surface area contributed by atoms with Gasteiger partial charge >= 0.3 is 6.09 Å². The molecule has 0 bridgehead atoms. The average Bonchev–Trinajstić information content (AvgIpc) is 3.00. The van der Waals surface area contributed by atoms with Crippen LogP contribution in [0.25, 0.3) is 0 Å². The fourth-order valence-corrected chi connectivity index (χ4v) is 4.78. The average molecular weight is 526 g/mol. The molecule has 1 aliphatic carbocycles. The van der Waals surface area contributed by atoms with Crippen molar-refractivity contribution in [2.75, 3.05) is 30.0 Å². The minimum Gasteiger partial charge on any atom is -0.399 e. The molecular weight excluding hydrogens is 505 g/mol. The van der Waals surface area contributed by atoms with E-state index in [9.17, 15) is 18.8 Å². The van der Waals surface area contributed by atoms with Gasteiger partial charge in [-0.25, -0.2) is 9.18 Å². The van der Waals surface area contributed by atoms with Gasteiger partial charge in [0.15, 0.2) is 5.06 Å². The number of nitrogens with one attached hydrogen (secondary N) is 2. The second-order valence-corrected chi connectivity index (χ2v) is 9.96. The maximum absolute atomic E-state index is 14.8. The molecule has 8 nitrogen and oxygen atoms in total. The van der Waals surface area contributed by atoms with Gasteiger partial charge in [0.1, 0.15) is 11.4 Å². The molecule has 11 heteroatoms. The molecule has 2 N–H and O–H groups in total. The van der Waals surface area contributed by atoms with Crippen molar-refractivity contribution in [1.29, 1.82) is 0 Å². The van der Waals surface area contributed by atoms with E-state index in [1.165, 1.54) is 34.4 Å². The van der Waals surface area contributed by atoms with Crippen LogP contribution < -0.4 is 20.3 Å². The Morgan fingerprint density at radius 1 is 1.22 bits per heavy atom. The van der Waals surface area contributed by atoms with Crippen LogP contribution >= 0.6 is 27.3 Å². The Balaban J connectivity index is 1.42. The Morgan fingerprint density at radius 2 is 2.03 bits per heavy atom. The lowest BCUT2D eigenvalue weighted by Gasteiger charge is -2.40. The van der Waals surface area contributed by atoms with Gasteiger partial charge in [0, 0.05) is 12.2 Å². The maximum Gasteiger partial charge on any atom is 0.414 e. The molecule has 4 rings (SSSR count). The van der Waals surface area contributed by atoms with E-state index in [4.69, 9.17) is 9.47 Å². The minimum atomic E-state index is -1.11. The molecule has 0 radical (unpaired) electrons. The summed E-state index contributed by atoms with van der Waals surface area (Å²) in [5, 5.41) is 5.72. The highest BCUT2D eigenvalue weighted by Gasteiger charge is 2.46. The third kappa shape index (κ3) is 4.94. The molecule has 1 aliphatic heterocycles. The number of benzene rings is 1. The van der Waals surface area contributed by atoms with Crippen LogP contribution in [-0.2, 0) is 14.3 Å². The molecule has 0 unspecified atom stereocenters. The molecule has 0 atom stereocenters. The predicted molar refractivity (Wildman–Crippen MR) is 121 cm³/mol. The van der Waals surface area contributed by atoms with Gasteiger partial charge in [-0.2, -0.15) is 0 Å². The summed E-state index contributed by atoms with van der Waals surface area (Å²) >= 11 is 4.55. The van der Waals surface area contributed by atoms with Crippen LogP contribution in [-0.4, -0.2) is 43.2 Å². The third-order valence-corrected chi connectivity index (χ3v) is 6.94. The fraction of sp³-hybridized carbons (Fsp3) is 0.381. The zero-order valence-corrected chi connectivity index (χ0v) is 19.4. The number of amides is 3. The molecule has 1 aromatic carbocycles. The van der Waals surface area contributed by atoms with Crippen molar-refractivity contribution in [3.63, 3.8) is 0 Å². The SMILES string of the molecule is O=C(NC1(C(=O)Nc2ccc(N3CCOCCC3=O)c(F)c2)CCC1)Oc1ccc(Br)s1. The highest BCUT2D eigenvalue weighted by Crippen LogP contribution is 2.35. The Labute approximate surface area is 196 Å². The highest BCUT2D eigenvalue weighted by molar-refractivity contribution is 9.11. The number of carbonyl (C=O) groups is 3. The number of hydrogen-bond donors (Lipinski definition) is 2. The van der Waals surface area contributed by atoms with Gasteiger partial charge in [-0.15, -0.1) is 0 Å². The summed E-state index contributed by atoms with van der Waals surface area (Å²) in [4.78, 5) is 38.8. The van der Waals surface area contributed by atoms with Crippen molar-refractivity contribution in [3.8, 4) is 5.06 Å². The van der Waals surface area contributed by atoms with E-state index in [2.05, 4.69) is 26.6 Å². The van der Waals surface area contributed by atoms with Crippen LogP contribution in [0.3, 0.4) is 0 Å². The van der Waals surface area contributed by atoms with E-state index in [0.717, 1.165) is 10.2 Å². The second-order valence-electron chi connectivity index (χ2n) is 7.54. The highest BCUT2D eigenvalue weighted by atomic mass is 79.9. The lowest BCUT2D eigenvalue weighted by atomic mass is 9.76. The maximum atomic E-state index is 14.8. The van der Waals surface area contributed by atoms with Gasteiger partial charge in [-0.3, -0.25) is 9.59 Å². The molecule has 32 heavy (non-hydrogen) atoms. The second kappa shape index (κ2) is 9.55. The summed E-state index contributed by atoms with van der Waals surface area (Å²) < 4.78 is 26.1. The van der Waals surface area contributed by atoms with Crippen LogP contribution in [0, 0.1) is 5.82 Å². The van der Waals surface area contributed by atoms with Crippen LogP contribution in [0.4, 0.5) is 20.6 Å². The molecule has 2 aromatic rings. The first-order valence-electron chi connectivity index (χ1n) is 10.1. The lowest BCUT2D eigenvalue weighted by molar-refractivity contribution is -0.125. The number of nitrogens with zero attached hydrogens (tertiary/aromatic N) is 1. The summed E-state index contributed by atoms with van der Waals surface area (Å²) in [6.45, 7) is 0.903. The molecule has 0 spiro atoms. The molecule has 1 saturated heterocycles. The van der Waals surface area contributed by atoms with Gasteiger partial charge in [-0.05, 0) is 65.5 Å². The molecule has 3 amide bonds. The topological polar surface area (TPSA) is 97.0 Å². The van der Waals surface area contributed by atoms with E-state index in [0.29, 0.717) is 31.1 Å². The van der Waals surface area contributed by atoms with E-state index in [1.54, 1.807) is 12.1 Å². The van der Waals surface area contributed by atoms with E-state index >= 15 is 0 Å². The fourth-order valence-electron chi connectivity index (χ4n) is 3.59. The number of anilines is 2. The standard InChI is InChI=1S/C21H21BrFN3O5S/c22-16-4-5-18(32-16)31-20(29)25-21(7-1-8-21)19(28)24-13-2-3-15(14(23)12-13)26-9-11-30-10-6-17(26)27/h2-5,12H,1,6-11H2,(H,24,28)(H,25,29). The molecule has 1 saturated carbocycles. The first-order valence-corrected chi connectivity index (χ1v) is 11.7. The van der Waals surface area contributed by atoms with Crippen molar-refractivity contribution in [1.82, 2.24) is 5.32 Å². The molecule has 2 aliphatic rings. The Bertz CT molecular complexity index is 1040. The van der Waals surface area contributed by atoms with Crippen molar-refractivity contribution in [3.05, 3.63) is 39.9 Å². The summed E-state index contributed by atoms with van der Waals surface area (Å²) in [5.41, 5.74) is -0.738. The third-order valence-electron chi connectivity index (χ3n) is 5.44. The van der Waals surface area contributed by atoms with Gasteiger partial charge in [0.25, 0.3) is 0 Å². The van der Waals surface area contributed by atoms with Crippen LogP contribution in [0.5, 0.6) is 5.06 Å². The number of hydrogen-bond acceptors (Lipinski definition) is 6. The number of halogens is 2. The molecule has 170 valence electrons. The Morgan fingerprint density at radius 3 is 2.69 bits per heavy atom. The molecular formula is C21H21BrFN3O5S. The zero-order chi connectivity index (χ0) is 22.7. The zero-order valence-electron chi connectivity index (χ0n) is 17.0. The van der Waals surface area contributed by atoms with Gasteiger partial charge in [-0.1, -0.05) is 11.3 Å². The smallest absolute Gasteiger partial charge is 0.399 e. The van der Waals surface area contributed by atoms with Crippen molar-refractivity contribution in [2.45, 2.75) is 31.2 Å². The summed E-state index contributed by atoms with van der Waals surface area (Å²) in [5.74, 6) is -1.29. The molecule has 2 heterocycles. The normalized spacial score (nSPS) is 17.8.